The van der Waals surface area contributed by atoms with Gasteiger partial charge in [0, 0.05) is 6.54 Å². The van der Waals surface area contributed by atoms with E-state index in [4.69, 9.17) is 0 Å². The molecular formula is C10H19NO3. The first-order valence-electron chi connectivity index (χ1n) is 5.07. The number of ether oxygens (including phenoxy) is 1. The molecule has 1 aliphatic rings. The number of carbonyl (C=O) groups is 1. The molecule has 0 bridgehead atoms. The molecule has 0 spiro atoms. The van der Waals surface area contributed by atoms with E-state index in [1.54, 1.807) is 0 Å². The van der Waals surface area contributed by atoms with Gasteiger partial charge in [0.2, 0.25) is 0 Å². The summed E-state index contributed by atoms with van der Waals surface area (Å²) in [5, 5.41) is 9.78. The van der Waals surface area contributed by atoms with Crippen LogP contribution in [0.5, 0.6) is 0 Å². The first-order chi connectivity index (χ1) is 6.63. The molecule has 0 radical (unpaired) electrons. The fraction of sp³-hybridized carbons (Fsp3) is 0.900. The van der Waals surface area contributed by atoms with Crippen molar-refractivity contribution in [1.29, 1.82) is 0 Å². The summed E-state index contributed by atoms with van der Waals surface area (Å²) in [6.07, 6.45) is 1.59. The van der Waals surface area contributed by atoms with Crippen molar-refractivity contribution in [2.45, 2.75) is 25.4 Å². The van der Waals surface area contributed by atoms with E-state index in [9.17, 15) is 9.90 Å². The molecule has 14 heavy (non-hydrogen) atoms. The number of carbonyl (C=O) groups excluding carboxylic acids is 1. The van der Waals surface area contributed by atoms with Crippen molar-refractivity contribution in [2.75, 3.05) is 27.2 Å². The Morgan fingerprint density at radius 2 is 2.14 bits per heavy atom. The van der Waals surface area contributed by atoms with E-state index < -0.39 is 0 Å². The van der Waals surface area contributed by atoms with Gasteiger partial charge in [0.15, 0.2) is 0 Å². The summed E-state index contributed by atoms with van der Waals surface area (Å²) in [6, 6.07) is 0. The van der Waals surface area contributed by atoms with Gasteiger partial charge in [0.25, 0.3) is 0 Å². The van der Waals surface area contributed by atoms with Gasteiger partial charge in [-0.1, -0.05) is 0 Å². The van der Waals surface area contributed by atoms with Crippen molar-refractivity contribution in [1.82, 2.24) is 4.90 Å². The first kappa shape index (κ1) is 11.5. The molecule has 4 heteroatoms. The summed E-state index contributed by atoms with van der Waals surface area (Å²) < 4.78 is 4.61. The number of esters is 1. The Bertz CT molecular complexity index is 196. The van der Waals surface area contributed by atoms with E-state index in [0.29, 0.717) is 6.42 Å². The minimum atomic E-state index is -0.362. The van der Waals surface area contributed by atoms with Crippen LogP contribution in [0.15, 0.2) is 0 Å². The Balaban J connectivity index is 2.45. The molecule has 1 aliphatic heterocycles. The molecule has 0 aliphatic carbocycles. The molecule has 0 saturated carbocycles. The van der Waals surface area contributed by atoms with Crippen LogP contribution in [0, 0.1) is 5.92 Å². The molecule has 1 N–H and O–H groups in total. The van der Waals surface area contributed by atoms with Gasteiger partial charge < -0.3 is 14.7 Å². The molecule has 1 saturated heterocycles. The van der Waals surface area contributed by atoms with E-state index in [0.717, 1.165) is 25.9 Å². The zero-order valence-electron chi connectivity index (χ0n) is 8.90. The van der Waals surface area contributed by atoms with Gasteiger partial charge in [0.1, 0.15) is 0 Å². The SMILES string of the molecule is COC(=O)C[C@H]1CCN(C)CC[C@H]1O. The molecule has 82 valence electrons. The summed E-state index contributed by atoms with van der Waals surface area (Å²) in [5.74, 6) is -0.161. The van der Waals surface area contributed by atoms with Crippen LogP contribution < -0.4 is 0 Å². The lowest BCUT2D eigenvalue weighted by atomic mass is 9.94. The van der Waals surface area contributed by atoms with Crippen LogP contribution in [-0.2, 0) is 9.53 Å². The van der Waals surface area contributed by atoms with Gasteiger partial charge in [-0.3, -0.25) is 4.79 Å². The molecule has 1 fully saturated rings. The molecular weight excluding hydrogens is 182 g/mol. The Labute approximate surface area is 84.8 Å². The number of aliphatic hydroxyl groups excluding tert-OH is 1. The van der Waals surface area contributed by atoms with E-state index in [-0.39, 0.29) is 18.0 Å². The standard InChI is InChI=1S/C10H19NO3/c1-11-5-3-8(7-10(13)14-2)9(12)4-6-11/h8-9,12H,3-7H2,1-2H3/t8-,9-/m1/s1. The average molecular weight is 201 g/mol. The molecule has 1 rings (SSSR count). The Hall–Kier alpha value is -0.610. The highest BCUT2D eigenvalue weighted by atomic mass is 16.5. The lowest BCUT2D eigenvalue weighted by Gasteiger charge is -2.18. The minimum Gasteiger partial charge on any atom is -0.469 e. The number of methoxy groups -OCH3 is 1. The highest BCUT2D eigenvalue weighted by Gasteiger charge is 2.25. The maximum Gasteiger partial charge on any atom is 0.305 e. The van der Waals surface area contributed by atoms with Crippen LogP contribution in [0.25, 0.3) is 0 Å². The summed E-state index contributed by atoms with van der Waals surface area (Å²) in [6.45, 7) is 1.84. The minimum absolute atomic E-state index is 0.0624. The Morgan fingerprint density at radius 1 is 1.50 bits per heavy atom. The lowest BCUT2D eigenvalue weighted by Crippen LogP contribution is -2.23. The molecule has 0 unspecified atom stereocenters. The lowest BCUT2D eigenvalue weighted by molar-refractivity contribution is -0.142. The number of likely N-dealkylation sites (tertiary alicyclic amines) is 1. The molecule has 0 aromatic carbocycles. The molecule has 0 amide bonds. The van der Waals surface area contributed by atoms with Crippen LogP contribution in [0.2, 0.25) is 0 Å². The maximum absolute atomic E-state index is 11.1. The van der Waals surface area contributed by atoms with Gasteiger partial charge in [-0.05, 0) is 32.4 Å². The van der Waals surface area contributed by atoms with Crippen molar-refractivity contribution < 1.29 is 14.6 Å². The molecule has 0 aromatic heterocycles. The van der Waals surface area contributed by atoms with Gasteiger partial charge in [-0.15, -0.1) is 0 Å². The monoisotopic (exact) mass is 201 g/mol. The van der Waals surface area contributed by atoms with Gasteiger partial charge in [-0.25, -0.2) is 0 Å². The van der Waals surface area contributed by atoms with Crippen LogP contribution >= 0.6 is 0 Å². The van der Waals surface area contributed by atoms with Crippen molar-refractivity contribution >= 4 is 5.97 Å². The third-order valence-corrected chi connectivity index (χ3v) is 2.89. The van der Waals surface area contributed by atoms with Crippen LogP contribution in [0.1, 0.15) is 19.3 Å². The summed E-state index contributed by atoms with van der Waals surface area (Å²) >= 11 is 0. The fourth-order valence-corrected chi connectivity index (χ4v) is 1.81. The number of hydrogen-bond acceptors (Lipinski definition) is 4. The molecule has 0 aromatic rings. The van der Waals surface area contributed by atoms with Crippen LogP contribution in [0.3, 0.4) is 0 Å². The van der Waals surface area contributed by atoms with Crippen molar-refractivity contribution in [3.63, 3.8) is 0 Å². The predicted molar refractivity (Wildman–Crippen MR) is 52.9 cm³/mol. The van der Waals surface area contributed by atoms with Gasteiger partial charge >= 0.3 is 5.97 Å². The second kappa shape index (κ2) is 5.32. The Kier molecular flexibility index (Phi) is 4.35. The van der Waals surface area contributed by atoms with E-state index in [2.05, 4.69) is 9.64 Å². The second-order valence-electron chi connectivity index (χ2n) is 3.99. The van der Waals surface area contributed by atoms with E-state index in [1.807, 2.05) is 7.05 Å². The van der Waals surface area contributed by atoms with E-state index >= 15 is 0 Å². The van der Waals surface area contributed by atoms with Crippen molar-refractivity contribution in [3.05, 3.63) is 0 Å². The summed E-state index contributed by atoms with van der Waals surface area (Å²) in [4.78, 5) is 13.3. The quantitative estimate of drug-likeness (QED) is 0.651. The van der Waals surface area contributed by atoms with Gasteiger partial charge in [0.05, 0.1) is 19.6 Å². The second-order valence-corrected chi connectivity index (χ2v) is 3.99. The summed E-state index contributed by atoms with van der Waals surface area (Å²) in [5.41, 5.74) is 0. The van der Waals surface area contributed by atoms with Crippen molar-refractivity contribution in [3.8, 4) is 0 Å². The number of aliphatic hydroxyl groups is 1. The number of rotatable bonds is 2. The molecule has 2 atom stereocenters. The highest BCUT2D eigenvalue weighted by Crippen LogP contribution is 2.21. The number of hydrogen-bond donors (Lipinski definition) is 1. The van der Waals surface area contributed by atoms with E-state index in [1.165, 1.54) is 7.11 Å². The highest BCUT2D eigenvalue weighted by molar-refractivity contribution is 5.69. The predicted octanol–water partition coefficient (Wildman–Crippen LogP) is 0.252. The Morgan fingerprint density at radius 3 is 2.79 bits per heavy atom. The van der Waals surface area contributed by atoms with Gasteiger partial charge in [-0.2, -0.15) is 0 Å². The molecule has 1 heterocycles. The summed E-state index contributed by atoms with van der Waals surface area (Å²) in [7, 11) is 3.42. The third-order valence-electron chi connectivity index (χ3n) is 2.89. The zero-order chi connectivity index (χ0) is 10.6. The zero-order valence-corrected chi connectivity index (χ0v) is 8.90. The van der Waals surface area contributed by atoms with Crippen LogP contribution in [0.4, 0.5) is 0 Å². The topological polar surface area (TPSA) is 49.8 Å². The average Bonchev–Trinajstić information content (AvgIpc) is 2.33. The smallest absolute Gasteiger partial charge is 0.305 e. The first-order valence-corrected chi connectivity index (χ1v) is 5.07. The normalized spacial score (nSPS) is 29.6. The van der Waals surface area contributed by atoms with Crippen molar-refractivity contribution in [2.24, 2.45) is 5.92 Å². The largest absolute Gasteiger partial charge is 0.469 e. The maximum atomic E-state index is 11.1. The molecule has 4 nitrogen and oxygen atoms in total. The van der Waals surface area contributed by atoms with Crippen LogP contribution in [-0.4, -0.2) is 49.3 Å². The number of nitrogens with zero attached hydrogens (tertiary/aromatic N) is 1. The fourth-order valence-electron chi connectivity index (χ4n) is 1.81. The third kappa shape index (κ3) is 3.27.